The quantitative estimate of drug-likeness (QED) is 0.490. The minimum absolute atomic E-state index is 0.523. The summed E-state index contributed by atoms with van der Waals surface area (Å²) in [5.41, 5.74) is 5.89. The van der Waals surface area contributed by atoms with E-state index in [2.05, 4.69) is 32.9 Å². The van der Waals surface area contributed by atoms with Crippen molar-refractivity contribution in [3.05, 3.63) is 41.6 Å². The molecule has 1 fully saturated rings. The number of anilines is 1. The first-order chi connectivity index (χ1) is 12.2. The summed E-state index contributed by atoms with van der Waals surface area (Å²) >= 11 is 5.16. The Bertz CT molecular complexity index is 746. The van der Waals surface area contributed by atoms with Gasteiger partial charge in [-0.1, -0.05) is 18.2 Å². The van der Waals surface area contributed by atoms with E-state index in [1.54, 1.807) is 0 Å². The number of hydrogen-bond acceptors (Lipinski definition) is 4. The van der Waals surface area contributed by atoms with Crippen molar-refractivity contribution < 1.29 is 0 Å². The minimum Gasteiger partial charge on any atom is -0.362 e. The highest BCUT2D eigenvalue weighted by molar-refractivity contribution is 7.80. The predicted octanol–water partition coefficient (Wildman–Crippen LogP) is 2.60. The molecular weight excluding hydrogens is 332 g/mol. The summed E-state index contributed by atoms with van der Waals surface area (Å²) in [6, 6.07) is 10.2. The van der Waals surface area contributed by atoms with Crippen molar-refractivity contribution in [3.8, 4) is 5.69 Å². The molecule has 6 nitrogen and oxygen atoms in total. The number of hydrogen-bond donors (Lipinski definition) is 2. The smallest absolute Gasteiger partial charge is 0.186 e. The molecule has 1 aromatic carbocycles. The third kappa shape index (κ3) is 3.99. The molecule has 1 aliphatic heterocycles. The van der Waals surface area contributed by atoms with E-state index in [-0.39, 0.29) is 0 Å². The number of para-hydroxylation sites is 1. The fraction of sp³-hybridized carbons (Fsp3) is 0.389. The highest BCUT2D eigenvalue weighted by atomic mass is 32.1. The molecule has 2 aromatic rings. The highest BCUT2D eigenvalue weighted by Gasteiger charge is 2.23. The lowest BCUT2D eigenvalue weighted by atomic mass is 10.2. The molecule has 0 bridgehead atoms. The number of hydrazone groups is 1. The van der Waals surface area contributed by atoms with Crippen LogP contribution in [0.15, 0.2) is 35.4 Å². The number of nitrogens with zero attached hydrogens (tertiary/aromatic N) is 4. The van der Waals surface area contributed by atoms with E-state index in [0.717, 1.165) is 42.4 Å². The molecule has 0 saturated carbocycles. The van der Waals surface area contributed by atoms with E-state index in [9.17, 15) is 0 Å². The van der Waals surface area contributed by atoms with Gasteiger partial charge < -0.3 is 10.2 Å². The molecule has 1 saturated heterocycles. The fourth-order valence-electron chi connectivity index (χ4n) is 3.02. The van der Waals surface area contributed by atoms with Gasteiger partial charge in [-0.2, -0.15) is 10.2 Å². The maximum absolute atomic E-state index is 5.16. The molecule has 0 unspecified atom stereocenters. The third-order valence-corrected chi connectivity index (χ3v) is 4.42. The number of thiocarbonyl (C=S) groups is 1. The number of aromatic nitrogens is 2. The summed E-state index contributed by atoms with van der Waals surface area (Å²) in [5, 5.41) is 12.6. The molecule has 0 amide bonds. The average molecular weight is 356 g/mol. The van der Waals surface area contributed by atoms with Gasteiger partial charge in [-0.15, -0.1) is 0 Å². The minimum atomic E-state index is 0.523. The summed E-state index contributed by atoms with van der Waals surface area (Å²) in [4.78, 5) is 2.39. The van der Waals surface area contributed by atoms with Gasteiger partial charge in [-0.25, -0.2) is 4.68 Å². The van der Waals surface area contributed by atoms with Crippen molar-refractivity contribution in [3.63, 3.8) is 0 Å². The van der Waals surface area contributed by atoms with Gasteiger partial charge in [0, 0.05) is 19.6 Å². The van der Waals surface area contributed by atoms with Crippen LogP contribution >= 0.6 is 12.2 Å². The molecule has 1 aromatic heterocycles. The van der Waals surface area contributed by atoms with Crippen LogP contribution in [0.5, 0.6) is 0 Å². The van der Waals surface area contributed by atoms with Gasteiger partial charge in [0.2, 0.25) is 0 Å². The number of nitrogens with one attached hydrogen (secondary N) is 2. The van der Waals surface area contributed by atoms with E-state index < -0.39 is 0 Å². The lowest BCUT2D eigenvalue weighted by molar-refractivity contribution is 0.815. The Morgan fingerprint density at radius 3 is 2.68 bits per heavy atom. The number of benzene rings is 1. The first kappa shape index (κ1) is 17.4. The third-order valence-electron chi connectivity index (χ3n) is 4.18. The van der Waals surface area contributed by atoms with E-state index in [1.165, 1.54) is 12.8 Å². The Morgan fingerprint density at radius 1 is 1.28 bits per heavy atom. The lowest BCUT2D eigenvalue weighted by Crippen LogP contribution is -2.31. The van der Waals surface area contributed by atoms with Gasteiger partial charge in [0.25, 0.3) is 0 Å². The summed E-state index contributed by atoms with van der Waals surface area (Å²) in [5.74, 6) is 1.10. The largest absolute Gasteiger partial charge is 0.362 e. The Hall–Kier alpha value is -2.41. The van der Waals surface area contributed by atoms with E-state index in [0.29, 0.717) is 5.11 Å². The van der Waals surface area contributed by atoms with Crippen molar-refractivity contribution in [2.75, 3.05) is 24.5 Å². The van der Waals surface area contributed by atoms with Crippen LogP contribution < -0.4 is 15.6 Å². The van der Waals surface area contributed by atoms with Gasteiger partial charge in [0.1, 0.15) is 5.82 Å². The second kappa shape index (κ2) is 8.11. The van der Waals surface area contributed by atoms with Crippen molar-refractivity contribution in [2.45, 2.75) is 26.7 Å². The van der Waals surface area contributed by atoms with Crippen LogP contribution in [0.4, 0.5) is 5.82 Å². The molecule has 2 heterocycles. The van der Waals surface area contributed by atoms with Gasteiger partial charge in [0.05, 0.1) is 23.2 Å². The van der Waals surface area contributed by atoms with Gasteiger partial charge in [0.15, 0.2) is 5.11 Å². The average Bonchev–Trinajstić information content (AvgIpc) is 3.24. The number of rotatable bonds is 5. The Labute approximate surface area is 153 Å². The summed E-state index contributed by atoms with van der Waals surface area (Å²) in [6.45, 7) is 6.87. The molecule has 0 radical (unpaired) electrons. The summed E-state index contributed by atoms with van der Waals surface area (Å²) in [7, 11) is 0. The van der Waals surface area contributed by atoms with Gasteiger partial charge in [-0.3, -0.25) is 5.43 Å². The molecule has 2 N–H and O–H groups in total. The van der Waals surface area contributed by atoms with Crippen molar-refractivity contribution >= 4 is 29.4 Å². The van der Waals surface area contributed by atoms with Crippen LogP contribution in [0.2, 0.25) is 0 Å². The molecule has 132 valence electrons. The number of aryl methyl sites for hydroxylation is 1. The first-order valence-electron chi connectivity index (χ1n) is 8.67. The van der Waals surface area contributed by atoms with Crippen LogP contribution in [0, 0.1) is 6.92 Å². The Balaban J connectivity index is 1.95. The maximum Gasteiger partial charge on any atom is 0.186 e. The molecule has 0 atom stereocenters. The van der Waals surface area contributed by atoms with Crippen molar-refractivity contribution in [1.29, 1.82) is 0 Å². The Kier molecular flexibility index (Phi) is 5.65. The predicted molar refractivity (Wildman–Crippen MR) is 107 cm³/mol. The molecule has 25 heavy (non-hydrogen) atoms. The van der Waals surface area contributed by atoms with Crippen LogP contribution in [0.1, 0.15) is 31.0 Å². The second-order valence-corrected chi connectivity index (χ2v) is 6.40. The van der Waals surface area contributed by atoms with E-state index in [4.69, 9.17) is 17.3 Å². The van der Waals surface area contributed by atoms with E-state index >= 15 is 0 Å². The summed E-state index contributed by atoms with van der Waals surface area (Å²) in [6.07, 6.45) is 4.23. The zero-order chi connectivity index (χ0) is 17.6. The molecule has 1 aliphatic rings. The first-order valence-corrected chi connectivity index (χ1v) is 9.08. The van der Waals surface area contributed by atoms with Crippen molar-refractivity contribution in [2.24, 2.45) is 5.10 Å². The lowest BCUT2D eigenvalue weighted by Gasteiger charge is -2.20. The molecule has 0 spiro atoms. The van der Waals surface area contributed by atoms with Crippen LogP contribution in [-0.4, -0.2) is 40.7 Å². The zero-order valence-electron chi connectivity index (χ0n) is 14.7. The van der Waals surface area contributed by atoms with Crippen molar-refractivity contribution in [1.82, 2.24) is 20.5 Å². The zero-order valence-corrected chi connectivity index (χ0v) is 15.5. The molecule has 0 aliphatic carbocycles. The molecule has 3 rings (SSSR count). The molecular formula is C18H24N6S. The van der Waals surface area contributed by atoms with Crippen LogP contribution in [0.3, 0.4) is 0 Å². The van der Waals surface area contributed by atoms with E-state index in [1.807, 2.05) is 42.9 Å². The van der Waals surface area contributed by atoms with Gasteiger partial charge in [-0.05, 0) is 51.0 Å². The monoisotopic (exact) mass is 356 g/mol. The topological polar surface area (TPSA) is 57.5 Å². The normalized spacial score (nSPS) is 14.2. The maximum atomic E-state index is 5.16. The fourth-order valence-corrected chi connectivity index (χ4v) is 3.21. The SMILES string of the molecule is CCNC(=S)N/N=C\c1c(C)nn(-c2ccccc2)c1N1CCCC1. The van der Waals surface area contributed by atoms with Crippen LogP contribution in [0.25, 0.3) is 5.69 Å². The highest BCUT2D eigenvalue weighted by Crippen LogP contribution is 2.28. The Morgan fingerprint density at radius 2 is 2.00 bits per heavy atom. The standard InChI is InChI=1S/C18H24N6S/c1-3-19-18(25)21-20-13-16-14(2)22-24(15-9-5-4-6-10-15)17(16)23-11-7-8-12-23/h4-6,9-10,13H,3,7-8,11-12H2,1-2H3,(H2,19,21,25)/b20-13-. The van der Waals surface area contributed by atoms with Crippen LogP contribution in [-0.2, 0) is 0 Å². The second-order valence-electron chi connectivity index (χ2n) is 5.99. The summed E-state index contributed by atoms with van der Waals surface area (Å²) < 4.78 is 2.02. The molecule has 7 heteroatoms. The van der Waals surface area contributed by atoms with Gasteiger partial charge >= 0.3 is 0 Å².